The molecule has 0 aliphatic heterocycles. The zero-order valence-electron chi connectivity index (χ0n) is 8.11. The number of carbonyl (C=O) groups is 1. The predicted octanol–water partition coefficient (Wildman–Crippen LogP) is 1.51. The molecule has 0 aliphatic carbocycles. The fraction of sp³-hybridized carbons (Fsp3) is 0.222. The first kappa shape index (κ1) is 13.4. The number of carboxylic acid groups (broad SMARTS) is 1. The Hall–Kier alpha value is -1.70. The van der Waals surface area contributed by atoms with Crippen LogP contribution in [0.15, 0.2) is 0 Å². The zero-order chi connectivity index (χ0) is 13.3. The maximum atomic E-state index is 13.2. The monoisotopic (exact) mass is 255 g/mol. The lowest BCUT2D eigenvalue weighted by molar-refractivity contribution is -0.138. The molecule has 0 bridgehead atoms. The van der Waals surface area contributed by atoms with Crippen molar-refractivity contribution in [2.24, 2.45) is 5.73 Å². The van der Waals surface area contributed by atoms with E-state index in [-0.39, 0.29) is 0 Å². The molecule has 0 fully saturated rings. The normalized spacial score (nSPS) is 12.6. The van der Waals surface area contributed by atoms with E-state index in [9.17, 15) is 26.7 Å². The molecule has 8 heteroatoms. The van der Waals surface area contributed by atoms with E-state index in [1.54, 1.807) is 0 Å². The lowest BCUT2D eigenvalue weighted by atomic mass is 9.97. The van der Waals surface area contributed by atoms with Gasteiger partial charge in [0.25, 0.3) is 0 Å². The van der Waals surface area contributed by atoms with Gasteiger partial charge in [-0.25, -0.2) is 22.0 Å². The minimum Gasteiger partial charge on any atom is -0.481 e. The molecule has 1 atom stereocenters. The van der Waals surface area contributed by atoms with E-state index in [0.29, 0.717) is 0 Å². The Morgan fingerprint density at radius 2 is 1.35 bits per heavy atom. The van der Waals surface area contributed by atoms with Crippen molar-refractivity contribution in [3.8, 4) is 0 Å². The predicted molar refractivity (Wildman–Crippen MR) is 45.7 cm³/mol. The van der Waals surface area contributed by atoms with Crippen molar-refractivity contribution in [1.29, 1.82) is 0 Å². The lowest BCUT2D eigenvalue weighted by Gasteiger charge is -2.13. The fourth-order valence-electron chi connectivity index (χ4n) is 1.27. The third-order valence-corrected chi connectivity index (χ3v) is 2.13. The first-order chi connectivity index (χ1) is 7.82. The summed E-state index contributed by atoms with van der Waals surface area (Å²) in [4.78, 5) is 10.6. The first-order valence-electron chi connectivity index (χ1n) is 4.27. The Labute approximate surface area is 91.6 Å². The van der Waals surface area contributed by atoms with Crippen LogP contribution in [0.4, 0.5) is 22.0 Å². The van der Waals surface area contributed by atoms with Crippen molar-refractivity contribution in [3.63, 3.8) is 0 Å². The number of aliphatic carboxylic acids is 1. The van der Waals surface area contributed by atoms with Gasteiger partial charge in [0.15, 0.2) is 23.3 Å². The summed E-state index contributed by atoms with van der Waals surface area (Å²) in [7, 11) is 0. The maximum absolute atomic E-state index is 13.2. The summed E-state index contributed by atoms with van der Waals surface area (Å²) in [6.07, 6.45) is 0. The molecule has 94 valence electrons. The van der Waals surface area contributed by atoms with Gasteiger partial charge >= 0.3 is 5.97 Å². The number of halogens is 5. The van der Waals surface area contributed by atoms with E-state index < -0.39 is 53.1 Å². The Morgan fingerprint density at radius 3 is 1.65 bits per heavy atom. The number of hydrogen-bond donors (Lipinski definition) is 2. The Balaban J connectivity index is 3.58. The largest absolute Gasteiger partial charge is 0.481 e. The first-order valence-corrected chi connectivity index (χ1v) is 4.27. The Morgan fingerprint density at radius 1 is 1.00 bits per heavy atom. The van der Waals surface area contributed by atoms with Crippen molar-refractivity contribution in [3.05, 3.63) is 34.6 Å². The molecule has 0 heterocycles. The molecular weight excluding hydrogens is 249 g/mol. The van der Waals surface area contributed by atoms with Crippen LogP contribution in [-0.4, -0.2) is 17.6 Å². The third-order valence-electron chi connectivity index (χ3n) is 2.13. The second-order valence-corrected chi connectivity index (χ2v) is 3.11. The van der Waals surface area contributed by atoms with Gasteiger partial charge in [0, 0.05) is 12.1 Å². The average Bonchev–Trinajstić information content (AvgIpc) is 2.29. The number of carboxylic acids is 1. The molecule has 0 spiro atoms. The molecular formula is C9H6F5NO2. The minimum absolute atomic E-state index is 0.798. The smallest absolute Gasteiger partial charge is 0.312 e. The molecule has 0 amide bonds. The van der Waals surface area contributed by atoms with Gasteiger partial charge in [0.1, 0.15) is 0 Å². The van der Waals surface area contributed by atoms with E-state index in [1.165, 1.54) is 0 Å². The average molecular weight is 255 g/mol. The summed E-state index contributed by atoms with van der Waals surface area (Å²) in [5.74, 6) is -14.9. The van der Waals surface area contributed by atoms with Crippen LogP contribution in [-0.2, 0) is 4.79 Å². The maximum Gasteiger partial charge on any atom is 0.312 e. The van der Waals surface area contributed by atoms with Crippen LogP contribution >= 0.6 is 0 Å². The summed E-state index contributed by atoms with van der Waals surface area (Å²) in [5, 5.41) is 8.57. The van der Waals surface area contributed by atoms with E-state index in [4.69, 9.17) is 10.8 Å². The van der Waals surface area contributed by atoms with E-state index in [2.05, 4.69) is 0 Å². The molecule has 3 N–H and O–H groups in total. The number of benzene rings is 1. The van der Waals surface area contributed by atoms with Gasteiger partial charge < -0.3 is 10.8 Å². The second-order valence-electron chi connectivity index (χ2n) is 3.11. The van der Waals surface area contributed by atoms with Crippen LogP contribution in [0.1, 0.15) is 11.5 Å². The highest BCUT2D eigenvalue weighted by molar-refractivity contribution is 5.76. The van der Waals surface area contributed by atoms with Crippen molar-refractivity contribution in [2.45, 2.75) is 5.92 Å². The summed E-state index contributed by atoms with van der Waals surface area (Å²) in [5.41, 5.74) is 3.50. The molecule has 1 aromatic rings. The fourth-order valence-corrected chi connectivity index (χ4v) is 1.27. The van der Waals surface area contributed by atoms with Crippen LogP contribution in [0.2, 0.25) is 0 Å². The molecule has 1 rings (SSSR count). The summed E-state index contributed by atoms with van der Waals surface area (Å²) in [6, 6.07) is 0. The Kier molecular flexibility index (Phi) is 3.66. The van der Waals surface area contributed by atoms with Gasteiger partial charge in [0.05, 0.1) is 5.92 Å². The standard InChI is InChI=1S/C9H6F5NO2/c10-4-3(2(1-15)9(16)17)5(11)7(13)8(14)6(4)12/h2H,1,15H2,(H,16,17). The SMILES string of the molecule is NCC(C(=O)O)c1c(F)c(F)c(F)c(F)c1F. The summed E-state index contributed by atoms with van der Waals surface area (Å²) >= 11 is 0. The number of rotatable bonds is 3. The topological polar surface area (TPSA) is 63.3 Å². The highest BCUT2D eigenvalue weighted by Gasteiger charge is 2.33. The minimum atomic E-state index is -2.34. The lowest BCUT2D eigenvalue weighted by Crippen LogP contribution is -2.25. The van der Waals surface area contributed by atoms with Crippen molar-refractivity contribution in [1.82, 2.24) is 0 Å². The van der Waals surface area contributed by atoms with Crippen LogP contribution in [0.25, 0.3) is 0 Å². The second kappa shape index (κ2) is 4.66. The molecule has 3 nitrogen and oxygen atoms in total. The zero-order valence-corrected chi connectivity index (χ0v) is 8.11. The molecule has 0 radical (unpaired) electrons. The van der Waals surface area contributed by atoms with Gasteiger partial charge in [-0.2, -0.15) is 0 Å². The molecule has 1 aromatic carbocycles. The van der Waals surface area contributed by atoms with Gasteiger partial charge in [0.2, 0.25) is 5.82 Å². The molecule has 0 saturated carbocycles. The quantitative estimate of drug-likeness (QED) is 0.489. The third kappa shape index (κ3) is 2.07. The Bertz CT molecular complexity index is 448. The number of hydrogen-bond acceptors (Lipinski definition) is 2. The van der Waals surface area contributed by atoms with Crippen LogP contribution in [0, 0.1) is 29.1 Å². The van der Waals surface area contributed by atoms with Crippen LogP contribution in [0.3, 0.4) is 0 Å². The highest BCUT2D eigenvalue weighted by atomic mass is 19.2. The van der Waals surface area contributed by atoms with Crippen LogP contribution < -0.4 is 5.73 Å². The highest BCUT2D eigenvalue weighted by Crippen LogP contribution is 2.28. The van der Waals surface area contributed by atoms with Gasteiger partial charge in [-0.1, -0.05) is 0 Å². The molecule has 0 aliphatic rings. The molecule has 0 saturated heterocycles. The van der Waals surface area contributed by atoms with Crippen molar-refractivity contribution in [2.75, 3.05) is 6.54 Å². The number of nitrogens with two attached hydrogens (primary N) is 1. The van der Waals surface area contributed by atoms with E-state index >= 15 is 0 Å². The van der Waals surface area contributed by atoms with Gasteiger partial charge in [-0.05, 0) is 0 Å². The molecule has 1 unspecified atom stereocenters. The molecule has 0 aromatic heterocycles. The van der Waals surface area contributed by atoms with E-state index in [1.807, 2.05) is 0 Å². The van der Waals surface area contributed by atoms with E-state index in [0.717, 1.165) is 0 Å². The van der Waals surface area contributed by atoms with Crippen molar-refractivity contribution < 1.29 is 31.9 Å². The van der Waals surface area contributed by atoms with Crippen LogP contribution in [0.5, 0.6) is 0 Å². The summed E-state index contributed by atoms with van der Waals surface area (Å²) < 4.78 is 64.5. The summed E-state index contributed by atoms with van der Waals surface area (Å²) in [6.45, 7) is -0.798. The van der Waals surface area contributed by atoms with Gasteiger partial charge in [-0.3, -0.25) is 4.79 Å². The van der Waals surface area contributed by atoms with Gasteiger partial charge in [-0.15, -0.1) is 0 Å². The molecule has 17 heavy (non-hydrogen) atoms. The van der Waals surface area contributed by atoms with Crippen molar-refractivity contribution >= 4 is 5.97 Å².